The van der Waals surface area contributed by atoms with Gasteiger partial charge in [-0.15, -0.1) is 0 Å². The van der Waals surface area contributed by atoms with Gasteiger partial charge in [0.1, 0.15) is 22.8 Å². The Bertz CT molecular complexity index is 1110. The summed E-state index contributed by atoms with van der Waals surface area (Å²) in [6.45, 7) is 0.317. The summed E-state index contributed by atoms with van der Waals surface area (Å²) in [6.07, 6.45) is 2.05. The minimum Gasteiger partial charge on any atom is -0.492 e. The third kappa shape index (κ3) is 6.40. The van der Waals surface area contributed by atoms with Gasteiger partial charge in [-0.2, -0.15) is 4.37 Å². The first-order chi connectivity index (χ1) is 14.3. The van der Waals surface area contributed by atoms with E-state index in [0.717, 1.165) is 11.5 Å². The number of ether oxygens (including phenoxy) is 1. The molecule has 1 heterocycles. The number of rotatable bonds is 9. The average molecular weight is 486 g/mol. The van der Waals surface area contributed by atoms with Crippen LogP contribution >= 0.6 is 34.7 Å². The molecule has 0 aliphatic rings. The second-order valence-electron chi connectivity index (χ2n) is 6.19. The first kappa shape index (κ1) is 22.5. The van der Waals surface area contributed by atoms with Crippen LogP contribution in [-0.4, -0.2) is 30.3 Å². The quantitative estimate of drug-likeness (QED) is 0.444. The molecule has 30 heavy (non-hydrogen) atoms. The van der Waals surface area contributed by atoms with E-state index in [1.165, 1.54) is 18.5 Å². The Morgan fingerprint density at radius 2 is 1.90 bits per heavy atom. The van der Waals surface area contributed by atoms with Crippen LogP contribution < -0.4 is 10.1 Å². The van der Waals surface area contributed by atoms with E-state index >= 15 is 0 Å². The highest BCUT2D eigenvalue weighted by atomic mass is 35.5. The van der Waals surface area contributed by atoms with Crippen molar-refractivity contribution in [3.05, 3.63) is 63.8 Å². The largest absolute Gasteiger partial charge is 0.492 e. The lowest BCUT2D eigenvalue weighted by atomic mass is 10.2. The van der Waals surface area contributed by atoms with Crippen molar-refractivity contribution in [2.24, 2.45) is 0 Å². The topological polar surface area (TPSA) is 98.2 Å². The van der Waals surface area contributed by atoms with Crippen molar-refractivity contribution in [3.8, 4) is 5.75 Å². The van der Waals surface area contributed by atoms with Gasteiger partial charge in [-0.1, -0.05) is 23.2 Å². The summed E-state index contributed by atoms with van der Waals surface area (Å²) in [5.74, 6) is 0.0955. The fourth-order valence-corrected chi connectivity index (χ4v) is 5.05. The number of sulfone groups is 1. The average Bonchev–Trinajstić information content (AvgIpc) is 3.19. The van der Waals surface area contributed by atoms with Crippen LogP contribution in [0.2, 0.25) is 10.0 Å². The molecule has 0 fully saturated rings. The number of carbonyl (C=O) groups excluding carboxylic acids is 1. The van der Waals surface area contributed by atoms with Crippen molar-refractivity contribution >= 4 is 56.2 Å². The van der Waals surface area contributed by atoms with Gasteiger partial charge in [0.25, 0.3) is 0 Å². The first-order valence-corrected chi connectivity index (χ1v) is 12.0. The molecular formula is C19H17Cl2N3O4S2. The molecular weight excluding hydrogens is 469 g/mol. The SMILES string of the molecule is O=C(CCCOc1ccc(Cl)cc1Cl)Nc1ccc(S(=O)(=O)Cc2ncns2)cc1. The molecule has 7 nitrogen and oxygen atoms in total. The van der Waals surface area contributed by atoms with Crippen molar-refractivity contribution in [2.75, 3.05) is 11.9 Å². The number of hydrogen-bond acceptors (Lipinski definition) is 7. The molecule has 0 aliphatic carbocycles. The molecule has 0 saturated carbocycles. The van der Waals surface area contributed by atoms with E-state index in [1.54, 1.807) is 30.3 Å². The molecule has 0 radical (unpaired) electrons. The molecule has 2 aromatic carbocycles. The monoisotopic (exact) mass is 485 g/mol. The van der Waals surface area contributed by atoms with Crippen LogP contribution in [-0.2, 0) is 20.4 Å². The minimum absolute atomic E-state index is 0.156. The summed E-state index contributed by atoms with van der Waals surface area (Å²) in [6, 6.07) is 10.9. The Hall–Kier alpha value is -2.20. The van der Waals surface area contributed by atoms with Crippen LogP contribution in [0.1, 0.15) is 17.8 Å². The van der Waals surface area contributed by atoms with Gasteiger partial charge in [-0.25, -0.2) is 13.4 Å². The number of amides is 1. The number of halogens is 2. The molecule has 3 aromatic rings. The Morgan fingerprint density at radius 1 is 1.13 bits per heavy atom. The molecule has 0 unspecified atom stereocenters. The summed E-state index contributed by atoms with van der Waals surface area (Å²) in [5.41, 5.74) is 0.511. The Labute approximate surface area is 188 Å². The molecule has 1 aromatic heterocycles. The summed E-state index contributed by atoms with van der Waals surface area (Å²) in [7, 11) is -3.52. The number of carbonyl (C=O) groups is 1. The van der Waals surface area contributed by atoms with E-state index in [0.29, 0.717) is 39.5 Å². The predicted molar refractivity (Wildman–Crippen MR) is 117 cm³/mol. The predicted octanol–water partition coefficient (Wildman–Crippen LogP) is 4.62. The van der Waals surface area contributed by atoms with E-state index in [9.17, 15) is 13.2 Å². The van der Waals surface area contributed by atoms with E-state index < -0.39 is 9.84 Å². The van der Waals surface area contributed by atoms with Gasteiger partial charge in [0, 0.05) is 17.1 Å². The molecule has 0 atom stereocenters. The molecule has 1 N–H and O–H groups in total. The first-order valence-electron chi connectivity index (χ1n) is 8.79. The third-order valence-electron chi connectivity index (χ3n) is 3.92. The number of nitrogens with zero attached hydrogens (tertiary/aromatic N) is 2. The highest BCUT2D eigenvalue weighted by Gasteiger charge is 2.17. The van der Waals surface area contributed by atoms with Crippen LogP contribution in [0.4, 0.5) is 5.69 Å². The van der Waals surface area contributed by atoms with Crippen LogP contribution in [0, 0.1) is 0 Å². The van der Waals surface area contributed by atoms with Crippen LogP contribution in [0.5, 0.6) is 5.75 Å². The molecule has 0 aliphatic heterocycles. The second-order valence-corrected chi connectivity index (χ2v) is 9.89. The molecule has 1 amide bonds. The summed E-state index contributed by atoms with van der Waals surface area (Å²) >= 11 is 12.9. The van der Waals surface area contributed by atoms with E-state index in [2.05, 4.69) is 14.7 Å². The zero-order chi connectivity index (χ0) is 21.6. The second kappa shape index (κ2) is 10.2. The van der Waals surface area contributed by atoms with Crippen molar-refractivity contribution in [1.29, 1.82) is 0 Å². The number of anilines is 1. The molecule has 158 valence electrons. The van der Waals surface area contributed by atoms with Gasteiger partial charge in [0.2, 0.25) is 5.91 Å². The molecule has 3 rings (SSSR count). The Morgan fingerprint density at radius 3 is 2.57 bits per heavy atom. The molecule has 0 bridgehead atoms. The van der Waals surface area contributed by atoms with E-state index in [4.69, 9.17) is 27.9 Å². The highest BCUT2D eigenvalue weighted by molar-refractivity contribution is 7.90. The van der Waals surface area contributed by atoms with E-state index in [-0.39, 0.29) is 23.0 Å². The van der Waals surface area contributed by atoms with Gasteiger partial charge in [0.05, 0.1) is 16.5 Å². The van der Waals surface area contributed by atoms with Crippen molar-refractivity contribution in [3.63, 3.8) is 0 Å². The number of benzene rings is 2. The fraction of sp³-hybridized carbons (Fsp3) is 0.211. The molecule has 0 spiro atoms. The summed E-state index contributed by atoms with van der Waals surface area (Å²) in [5, 5.41) is 4.09. The van der Waals surface area contributed by atoms with Gasteiger partial charge in [-0.3, -0.25) is 4.79 Å². The molecule has 0 saturated heterocycles. The number of nitrogens with one attached hydrogen (secondary N) is 1. The summed E-state index contributed by atoms with van der Waals surface area (Å²) in [4.78, 5) is 16.1. The fourth-order valence-electron chi connectivity index (χ4n) is 2.48. The zero-order valence-electron chi connectivity index (χ0n) is 15.5. The standard InChI is InChI=1S/C19H17Cl2N3O4S2/c20-13-3-8-17(16(21)10-13)28-9-1-2-18(25)24-14-4-6-15(7-5-14)30(26,27)11-19-22-12-23-29-19/h3-8,10,12H,1-2,9,11H2,(H,24,25). The zero-order valence-corrected chi connectivity index (χ0v) is 18.7. The van der Waals surface area contributed by atoms with Crippen LogP contribution in [0.15, 0.2) is 53.7 Å². The molecule has 11 heteroatoms. The van der Waals surface area contributed by atoms with Crippen LogP contribution in [0.3, 0.4) is 0 Å². The van der Waals surface area contributed by atoms with E-state index in [1.807, 2.05) is 0 Å². The smallest absolute Gasteiger partial charge is 0.224 e. The lowest BCUT2D eigenvalue weighted by molar-refractivity contribution is -0.116. The van der Waals surface area contributed by atoms with Gasteiger partial charge < -0.3 is 10.1 Å². The lowest BCUT2D eigenvalue weighted by Gasteiger charge is -2.09. The number of hydrogen-bond donors (Lipinski definition) is 1. The van der Waals surface area contributed by atoms with Crippen LogP contribution in [0.25, 0.3) is 0 Å². The maximum Gasteiger partial charge on any atom is 0.224 e. The highest BCUT2D eigenvalue weighted by Crippen LogP contribution is 2.27. The van der Waals surface area contributed by atoms with Crippen molar-refractivity contribution in [1.82, 2.24) is 9.36 Å². The van der Waals surface area contributed by atoms with Gasteiger partial charge in [-0.05, 0) is 60.4 Å². The maximum atomic E-state index is 12.4. The maximum absolute atomic E-state index is 12.4. The Balaban J connectivity index is 1.46. The lowest BCUT2D eigenvalue weighted by Crippen LogP contribution is -2.13. The van der Waals surface area contributed by atoms with Gasteiger partial charge in [0.15, 0.2) is 9.84 Å². The number of aromatic nitrogens is 2. The Kier molecular flexibility index (Phi) is 7.65. The summed E-state index contributed by atoms with van der Waals surface area (Å²) < 4.78 is 34.1. The minimum atomic E-state index is -3.52. The third-order valence-corrected chi connectivity index (χ3v) is 6.93. The normalized spacial score (nSPS) is 11.3. The van der Waals surface area contributed by atoms with Crippen molar-refractivity contribution < 1.29 is 17.9 Å². The van der Waals surface area contributed by atoms with Crippen molar-refractivity contribution in [2.45, 2.75) is 23.5 Å². The van der Waals surface area contributed by atoms with Gasteiger partial charge >= 0.3 is 0 Å².